The van der Waals surface area contributed by atoms with E-state index in [9.17, 15) is 38.2 Å². The van der Waals surface area contributed by atoms with Crippen LogP contribution < -0.4 is 28.4 Å². The number of methoxy groups -OCH3 is 1. The first-order chi connectivity index (χ1) is 32.6. The number of carbonyl (C=O) groups excluding carboxylic acids is 2. The van der Waals surface area contributed by atoms with E-state index in [2.05, 4.69) is 34.3 Å². The maximum absolute atomic E-state index is 14.1. The van der Waals surface area contributed by atoms with Gasteiger partial charge in [-0.25, -0.2) is 33.0 Å². The molecule has 68 heavy (non-hydrogen) atoms. The van der Waals surface area contributed by atoms with Gasteiger partial charge in [-0.3, -0.25) is 4.72 Å². The minimum absolute atomic E-state index is 0.0179. The largest absolute Gasteiger partial charge is 0.513 e. The van der Waals surface area contributed by atoms with Gasteiger partial charge in [-0.1, -0.05) is 62.4 Å². The molecular weight excluding hydrogens is 919 g/mol. The Labute approximate surface area is 385 Å². The highest BCUT2D eigenvalue weighted by Crippen LogP contribution is 2.41. The average Bonchev–Trinajstić information content (AvgIpc) is 3.32. The number of hydrogen-bond donors (Lipinski definition) is 1. The van der Waals surface area contributed by atoms with Crippen molar-refractivity contribution in [2.45, 2.75) is 37.4 Å². The standard InChI is InChI=1S/C43H39N7O17S/c1-43(2,27-62-42(52)66-32-12-7-10-29(24-32)26-64-50(55)56)30-15-17-33(18-16-30)68(57,58)48-37-36(67-35-14-5-4-13-34(35)59-3)40(47-39(46-37)38-44-19-8-20-45-38)60-21-22-61-41(51)65-31-11-6-9-28(23-31)25-63-49(53)54/h4-20,23-24H,21-22,25-27H2,1-3H3,(H,46,47,48). The molecule has 0 aliphatic carbocycles. The minimum Gasteiger partial charge on any atom is -0.493 e. The van der Waals surface area contributed by atoms with Crippen LogP contribution >= 0.6 is 0 Å². The van der Waals surface area contributed by atoms with Gasteiger partial charge in [-0.15, -0.1) is 20.2 Å². The molecule has 2 heterocycles. The number of ether oxygens (including phenoxy) is 7. The molecule has 25 heteroatoms. The Bertz CT molecular complexity index is 2860. The molecule has 0 unspecified atom stereocenters. The van der Waals surface area contributed by atoms with Crippen LogP contribution in [0.4, 0.5) is 15.4 Å². The van der Waals surface area contributed by atoms with E-state index in [1.807, 2.05) is 0 Å². The van der Waals surface area contributed by atoms with Crippen molar-refractivity contribution < 1.29 is 71.0 Å². The topological polar surface area (TPSA) is 301 Å². The number of nitrogens with zero attached hydrogens (tertiary/aromatic N) is 6. The number of carbonyl (C=O) groups is 2. The lowest BCUT2D eigenvalue weighted by molar-refractivity contribution is -0.763. The maximum Gasteiger partial charge on any atom is 0.513 e. The summed E-state index contributed by atoms with van der Waals surface area (Å²) >= 11 is 0. The van der Waals surface area contributed by atoms with E-state index in [-0.39, 0.29) is 77.6 Å². The highest BCUT2D eigenvalue weighted by atomic mass is 32.2. The summed E-state index contributed by atoms with van der Waals surface area (Å²) in [6.45, 7) is 1.77. The van der Waals surface area contributed by atoms with Crippen molar-refractivity contribution in [3.63, 3.8) is 0 Å². The molecule has 4 aromatic carbocycles. The Morgan fingerprint density at radius 2 is 1.29 bits per heavy atom. The lowest BCUT2D eigenvalue weighted by atomic mass is 9.86. The molecule has 354 valence electrons. The van der Waals surface area contributed by atoms with Crippen LogP contribution in [0.5, 0.6) is 34.6 Å². The Balaban J connectivity index is 1.20. The molecule has 0 aliphatic heterocycles. The van der Waals surface area contributed by atoms with Crippen molar-refractivity contribution in [2.75, 3.05) is 31.7 Å². The molecule has 0 bridgehead atoms. The van der Waals surface area contributed by atoms with Crippen LogP contribution in [0, 0.1) is 20.2 Å². The predicted molar refractivity (Wildman–Crippen MR) is 232 cm³/mol. The van der Waals surface area contributed by atoms with Gasteiger partial charge in [0.15, 0.2) is 23.1 Å². The van der Waals surface area contributed by atoms with Crippen LogP contribution in [0.1, 0.15) is 30.5 Å². The summed E-state index contributed by atoms with van der Waals surface area (Å²) in [5.74, 6) is -0.888. The van der Waals surface area contributed by atoms with Gasteiger partial charge in [0.25, 0.3) is 26.1 Å². The summed E-state index contributed by atoms with van der Waals surface area (Å²) in [5, 5.41) is 19.2. The highest BCUT2D eigenvalue weighted by Gasteiger charge is 2.28. The zero-order valence-corrected chi connectivity index (χ0v) is 36.9. The lowest BCUT2D eigenvalue weighted by Gasteiger charge is -2.24. The summed E-state index contributed by atoms with van der Waals surface area (Å²) in [6.07, 6.45) is 0.630. The Morgan fingerprint density at radius 3 is 1.88 bits per heavy atom. The highest BCUT2D eigenvalue weighted by molar-refractivity contribution is 7.92. The van der Waals surface area contributed by atoms with Gasteiger partial charge in [0.1, 0.15) is 44.5 Å². The van der Waals surface area contributed by atoms with E-state index in [0.29, 0.717) is 16.7 Å². The molecule has 24 nitrogen and oxygen atoms in total. The van der Waals surface area contributed by atoms with E-state index < -0.39 is 50.3 Å². The molecule has 0 fully saturated rings. The molecular formula is C43H39N7O17S. The summed E-state index contributed by atoms with van der Waals surface area (Å²) in [7, 11) is -3.10. The van der Waals surface area contributed by atoms with Crippen LogP contribution in [0.3, 0.4) is 0 Å². The fourth-order valence-electron chi connectivity index (χ4n) is 5.78. The summed E-state index contributed by atoms with van der Waals surface area (Å²) in [6, 6.07) is 25.4. The molecule has 0 atom stereocenters. The smallest absolute Gasteiger partial charge is 0.493 e. The SMILES string of the molecule is COc1ccccc1Oc1c(NS(=O)(=O)c2ccc(C(C)(C)COC(=O)Oc3cccc(CO[N+](=O)[O-])c3)cc2)nc(-c2ncccn2)nc1OCCOC(=O)Oc1cccc(CO[N+](=O)[O-])c1. The Hall–Kier alpha value is -8.87. The van der Waals surface area contributed by atoms with Gasteiger partial charge in [0.2, 0.25) is 11.6 Å². The van der Waals surface area contributed by atoms with Crippen molar-refractivity contribution in [2.24, 2.45) is 0 Å². The molecule has 0 saturated carbocycles. The molecule has 0 spiro atoms. The molecule has 6 rings (SSSR count). The number of anilines is 1. The van der Waals surface area contributed by atoms with Gasteiger partial charge in [-0.05, 0) is 71.3 Å². The minimum atomic E-state index is -4.50. The van der Waals surface area contributed by atoms with Crippen LogP contribution in [0.2, 0.25) is 0 Å². The quantitative estimate of drug-likeness (QED) is 0.0234. The van der Waals surface area contributed by atoms with E-state index in [4.69, 9.17) is 33.2 Å². The number of rotatable bonds is 22. The lowest BCUT2D eigenvalue weighted by Crippen LogP contribution is -2.27. The number of hydrogen-bond acceptors (Lipinski definition) is 21. The second kappa shape index (κ2) is 22.4. The third kappa shape index (κ3) is 13.8. The summed E-state index contributed by atoms with van der Waals surface area (Å²) in [4.78, 5) is 72.0. The molecule has 6 aromatic rings. The van der Waals surface area contributed by atoms with Crippen molar-refractivity contribution in [3.05, 3.63) is 152 Å². The summed E-state index contributed by atoms with van der Waals surface area (Å²) < 4.78 is 69.3. The van der Waals surface area contributed by atoms with Gasteiger partial charge in [0.05, 0.1) is 12.0 Å². The third-order valence-corrected chi connectivity index (χ3v) is 10.4. The van der Waals surface area contributed by atoms with Crippen molar-refractivity contribution in [1.82, 2.24) is 19.9 Å². The van der Waals surface area contributed by atoms with Crippen molar-refractivity contribution >= 4 is 28.2 Å². The fourth-order valence-corrected chi connectivity index (χ4v) is 6.78. The van der Waals surface area contributed by atoms with Crippen LogP contribution in [-0.4, -0.2) is 77.8 Å². The zero-order chi connectivity index (χ0) is 48.7. The second-order valence-electron chi connectivity index (χ2n) is 14.3. The van der Waals surface area contributed by atoms with Gasteiger partial charge >= 0.3 is 12.3 Å². The number of aromatic nitrogens is 4. The van der Waals surface area contributed by atoms with E-state index in [0.717, 1.165) is 0 Å². The molecule has 0 saturated heterocycles. The average molecular weight is 958 g/mol. The van der Waals surface area contributed by atoms with Crippen LogP contribution in [0.25, 0.3) is 11.6 Å². The maximum atomic E-state index is 14.1. The molecule has 0 radical (unpaired) electrons. The van der Waals surface area contributed by atoms with Gasteiger partial charge in [0, 0.05) is 17.8 Å². The van der Waals surface area contributed by atoms with Crippen molar-refractivity contribution in [1.29, 1.82) is 0 Å². The first-order valence-corrected chi connectivity index (χ1v) is 21.2. The first-order valence-electron chi connectivity index (χ1n) is 19.8. The Morgan fingerprint density at radius 1 is 0.706 bits per heavy atom. The molecule has 0 amide bonds. The number of para-hydroxylation sites is 2. The second-order valence-corrected chi connectivity index (χ2v) is 16.0. The Kier molecular flexibility index (Phi) is 16.0. The zero-order valence-electron chi connectivity index (χ0n) is 36.0. The fraction of sp³-hybridized carbons (Fsp3) is 0.209. The van der Waals surface area contributed by atoms with E-state index >= 15 is 0 Å². The normalized spacial score (nSPS) is 11.0. The molecule has 0 aliphatic rings. The van der Waals surface area contributed by atoms with E-state index in [1.54, 1.807) is 44.2 Å². The van der Waals surface area contributed by atoms with Gasteiger partial charge in [-0.2, -0.15) is 4.98 Å². The summed E-state index contributed by atoms with van der Waals surface area (Å²) in [5.41, 5.74) is 0.442. The number of nitrogens with one attached hydrogen (secondary N) is 1. The third-order valence-electron chi connectivity index (χ3n) is 9.02. The molecule has 1 N–H and O–H groups in total. The number of sulfonamides is 1. The molecule has 2 aromatic heterocycles. The van der Waals surface area contributed by atoms with Crippen LogP contribution in [0.15, 0.2) is 120 Å². The van der Waals surface area contributed by atoms with Gasteiger partial charge < -0.3 is 42.8 Å². The van der Waals surface area contributed by atoms with Crippen LogP contribution in [-0.2, 0) is 47.8 Å². The predicted octanol–water partition coefficient (Wildman–Crippen LogP) is 7.04. The van der Waals surface area contributed by atoms with E-state index in [1.165, 1.54) is 92.3 Å². The first kappa shape index (κ1) is 48.6. The van der Waals surface area contributed by atoms with Crippen molar-refractivity contribution in [3.8, 4) is 46.3 Å². The monoisotopic (exact) mass is 957 g/mol. The number of benzene rings is 4.